The molecule has 2 aromatic rings. The maximum absolute atomic E-state index is 10.9. The molecule has 3 nitrogen and oxygen atoms in total. The average Bonchev–Trinajstić information content (AvgIpc) is 2.74. The van der Waals surface area contributed by atoms with Crippen molar-refractivity contribution in [2.24, 2.45) is 0 Å². The van der Waals surface area contributed by atoms with Gasteiger partial charge in [0.05, 0.1) is 9.35 Å². The summed E-state index contributed by atoms with van der Waals surface area (Å²) in [6.07, 6.45) is 0. The first-order chi connectivity index (χ1) is 8.97. The number of anilines is 1. The fourth-order valence-corrected chi connectivity index (χ4v) is 3.45. The summed E-state index contributed by atoms with van der Waals surface area (Å²) < 4.78 is 1.70. The van der Waals surface area contributed by atoms with E-state index in [2.05, 4.69) is 48.2 Å². The fraction of sp³-hybridized carbons (Fsp3) is 0.154. The quantitative estimate of drug-likeness (QED) is 0.808. The second-order valence-corrected chi connectivity index (χ2v) is 7.23. The monoisotopic (exact) mass is 403 g/mol. The molecule has 100 valence electrons. The van der Waals surface area contributed by atoms with Crippen LogP contribution in [0.25, 0.3) is 0 Å². The Morgan fingerprint density at radius 1 is 1.37 bits per heavy atom. The summed E-state index contributed by atoms with van der Waals surface area (Å²) in [6, 6.07) is 7.34. The van der Waals surface area contributed by atoms with Crippen molar-refractivity contribution in [3.8, 4) is 0 Å². The van der Waals surface area contributed by atoms with E-state index in [9.17, 15) is 4.79 Å². The molecule has 0 bridgehead atoms. The van der Waals surface area contributed by atoms with Crippen LogP contribution < -0.4 is 4.90 Å². The minimum Gasteiger partial charge on any atom is -0.478 e. The zero-order chi connectivity index (χ0) is 14.0. The van der Waals surface area contributed by atoms with Crippen molar-refractivity contribution in [1.82, 2.24) is 0 Å². The minimum absolute atomic E-state index is 0.274. The van der Waals surface area contributed by atoms with Gasteiger partial charge in [-0.15, -0.1) is 11.3 Å². The molecule has 0 aliphatic rings. The summed E-state index contributed by atoms with van der Waals surface area (Å²) in [5.74, 6) is -0.928. The van der Waals surface area contributed by atoms with Crippen molar-refractivity contribution < 1.29 is 9.90 Å². The van der Waals surface area contributed by atoms with Gasteiger partial charge >= 0.3 is 5.97 Å². The molecular formula is C13H11Br2NO2S. The lowest BCUT2D eigenvalue weighted by atomic mass is 10.2. The van der Waals surface area contributed by atoms with E-state index in [0.29, 0.717) is 4.47 Å². The molecule has 0 unspecified atom stereocenters. The van der Waals surface area contributed by atoms with Crippen LogP contribution in [-0.4, -0.2) is 18.1 Å². The van der Waals surface area contributed by atoms with Gasteiger partial charge in [-0.25, -0.2) is 4.79 Å². The number of carbonyl (C=O) groups is 1. The predicted octanol–water partition coefficient (Wildman–Crippen LogP) is 4.61. The molecule has 0 fully saturated rings. The van der Waals surface area contributed by atoms with E-state index < -0.39 is 5.97 Å². The molecule has 0 saturated carbocycles. The third-order valence-corrected chi connectivity index (χ3v) is 4.87. The van der Waals surface area contributed by atoms with Gasteiger partial charge in [-0.1, -0.05) is 0 Å². The number of rotatable bonds is 4. The molecule has 1 aromatic heterocycles. The minimum atomic E-state index is -0.928. The van der Waals surface area contributed by atoms with E-state index in [4.69, 9.17) is 5.11 Å². The lowest BCUT2D eigenvalue weighted by Crippen LogP contribution is -2.16. The highest BCUT2D eigenvalue weighted by Gasteiger charge is 2.11. The Kier molecular flexibility index (Phi) is 4.65. The molecule has 19 heavy (non-hydrogen) atoms. The Morgan fingerprint density at radius 3 is 2.63 bits per heavy atom. The van der Waals surface area contributed by atoms with Gasteiger partial charge in [-0.2, -0.15) is 0 Å². The molecule has 0 amide bonds. The van der Waals surface area contributed by atoms with E-state index in [0.717, 1.165) is 16.0 Å². The van der Waals surface area contributed by atoms with Gasteiger partial charge in [0.1, 0.15) is 0 Å². The first-order valence-corrected chi connectivity index (χ1v) is 7.91. The number of hydrogen-bond donors (Lipinski definition) is 1. The summed E-state index contributed by atoms with van der Waals surface area (Å²) in [5, 5.41) is 11.1. The molecule has 0 aliphatic heterocycles. The van der Waals surface area contributed by atoms with E-state index in [1.165, 1.54) is 5.56 Å². The number of halogens is 2. The topological polar surface area (TPSA) is 40.5 Å². The molecule has 0 radical (unpaired) electrons. The van der Waals surface area contributed by atoms with Gasteiger partial charge in [0.25, 0.3) is 0 Å². The summed E-state index contributed by atoms with van der Waals surface area (Å²) in [5.41, 5.74) is 2.47. The summed E-state index contributed by atoms with van der Waals surface area (Å²) >= 11 is 8.39. The number of thiophene rings is 1. The molecular weight excluding hydrogens is 394 g/mol. The van der Waals surface area contributed by atoms with E-state index in [1.807, 2.05) is 19.2 Å². The van der Waals surface area contributed by atoms with Crippen LogP contribution in [0.3, 0.4) is 0 Å². The Bertz CT molecular complexity index is 612. The fourth-order valence-electron chi connectivity index (χ4n) is 1.71. The van der Waals surface area contributed by atoms with Crippen molar-refractivity contribution in [2.45, 2.75) is 6.54 Å². The van der Waals surface area contributed by atoms with E-state index in [-0.39, 0.29) is 5.56 Å². The predicted molar refractivity (Wildman–Crippen MR) is 85.2 cm³/mol. The van der Waals surface area contributed by atoms with Crippen LogP contribution in [0.2, 0.25) is 0 Å². The largest absolute Gasteiger partial charge is 0.478 e. The normalized spacial score (nSPS) is 10.5. The van der Waals surface area contributed by atoms with Gasteiger partial charge in [-0.05, 0) is 67.1 Å². The number of nitrogens with zero attached hydrogens (tertiary/aromatic N) is 1. The molecule has 0 saturated heterocycles. The summed E-state index contributed by atoms with van der Waals surface area (Å²) in [7, 11) is 1.98. The standard InChI is InChI=1S/C13H11Br2NO2S/c1-16(6-8-4-12(15)19-7-8)9-2-3-10(13(17)18)11(14)5-9/h2-5,7H,6H2,1H3,(H,17,18). The smallest absolute Gasteiger partial charge is 0.336 e. The molecule has 2 rings (SSSR count). The van der Waals surface area contributed by atoms with Gasteiger partial charge in [-0.3, -0.25) is 0 Å². The van der Waals surface area contributed by atoms with Crippen LogP contribution in [0.15, 0.2) is 37.9 Å². The van der Waals surface area contributed by atoms with Gasteiger partial charge in [0.2, 0.25) is 0 Å². The molecule has 6 heteroatoms. The zero-order valence-corrected chi connectivity index (χ0v) is 14.0. The first-order valence-electron chi connectivity index (χ1n) is 5.44. The second-order valence-electron chi connectivity index (χ2n) is 4.08. The number of hydrogen-bond acceptors (Lipinski definition) is 3. The van der Waals surface area contributed by atoms with Crippen molar-refractivity contribution >= 4 is 54.9 Å². The van der Waals surface area contributed by atoms with Crippen LogP contribution in [0, 0.1) is 0 Å². The van der Waals surface area contributed by atoms with Gasteiger partial charge in [0.15, 0.2) is 0 Å². The first kappa shape index (κ1) is 14.6. The third-order valence-electron chi connectivity index (χ3n) is 2.67. The molecule has 1 aromatic carbocycles. The Hall–Kier alpha value is -0.850. The van der Waals surface area contributed by atoms with Crippen LogP contribution in [-0.2, 0) is 6.54 Å². The van der Waals surface area contributed by atoms with Crippen molar-refractivity contribution in [3.63, 3.8) is 0 Å². The Balaban J connectivity index is 2.17. The number of benzene rings is 1. The second kappa shape index (κ2) is 6.07. The van der Waals surface area contributed by atoms with Gasteiger partial charge < -0.3 is 10.0 Å². The Morgan fingerprint density at radius 2 is 2.11 bits per heavy atom. The number of aromatic carboxylic acids is 1. The van der Waals surface area contributed by atoms with Crippen LogP contribution >= 0.6 is 43.2 Å². The van der Waals surface area contributed by atoms with Crippen molar-refractivity contribution in [1.29, 1.82) is 0 Å². The number of carboxylic acid groups (broad SMARTS) is 1. The maximum Gasteiger partial charge on any atom is 0.336 e. The van der Waals surface area contributed by atoms with E-state index in [1.54, 1.807) is 17.4 Å². The highest BCUT2D eigenvalue weighted by atomic mass is 79.9. The lowest BCUT2D eigenvalue weighted by Gasteiger charge is -2.19. The van der Waals surface area contributed by atoms with Crippen LogP contribution in [0.4, 0.5) is 5.69 Å². The van der Waals surface area contributed by atoms with Crippen LogP contribution in [0.1, 0.15) is 15.9 Å². The Labute approximate surface area is 132 Å². The highest BCUT2D eigenvalue weighted by Crippen LogP contribution is 2.26. The van der Waals surface area contributed by atoms with E-state index >= 15 is 0 Å². The SMILES string of the molecule is CN(Cc1csc(Br)c1)c1ccc(C(=O)O)c(Br)c1. The van der Waals surface area contributed by atoms with Crippen LogP contribution in [0.5, 0.6) is 0 Å². The lowest BCUT2D eigenvalue weighted by molar-refractivity contribution is 0.0696. The van der Waals surface area contributed by atoms with Crippen molar-refractivity contribution in [2.75, 3.05) is 11.9 Å². The third kappa shape index (κ3) is 3.58. The van der Waals surface area contributed by atoms with Gasteiger partial charge in [0, 0.05) is 23.8 Å². The maximum atomic E-state index is 10.9. The average molecular weight is 405 g/mol. The molecule has 0 spiro atoms. The molecule has 1 heterocycles. The molecule has 0 atom stereocenters. The molecule has 1 N–H and O–H groups in total. The highest BCUT2D eigenvalue weighted by molar-refractivity contribution is 9.11. The zero-order valence-electron chi connectivity index (χ0n) is 10.1. The molecule has 0 aliphatic carbocycles. The summed E-state index contributed by atoms with van der Waals surface area (Å²) in [6.45, 7) is 0.779. The summed E-state index contributed by atoms with van der Waals surface area (Å²) in [4.78, 5) is 13.0. The van der Waals surface area contributed by atoms with Crippen molar-refractivity contribution in [3.05, 3.63) is 49.0 Å². The number of carboxylic acids is 1.